The lowest BCUT2D eigenvalue weighted by molar-refractivity contribution is -0.136. The van der Waals surface area contributed by atoms with Gasteiger partial charge < -0.3 is 14.5 Å². The molecule has 0 fully saturated rings. The lowest BCUT2D eigenvalue weighted by Gasteiger charge is -2.38. The summed E-state index contributed by atoms with van der Waals surface area (Å²) in [7, 11) is 0. The van der Waals surface area contributed by atoms with Gasteiger partial charge in [-0.2, -0.15) is 0 Å². The first kappa shape index (κ1) is 24.9. The molecule has 0 saturated carbocycles. The molecule has 1 aromatic heterocycles. The van der Waals surface area contributed by atoms with Crippen LogP contribution in [0.1, 0.15) is 52.7 Å². The molecule has 3 aromatic rings. The summed E-state index contributed by atoms with van der Waals surface area (Å²) >= 11 is 1.66. The van der Waals surface area contributed by atoms with Gasteiger partial charge >= 0.3 is 0 Å². The van der Waals surface area contributed by atoms with Gasteiger partial charge in [0.15, 0.2) is 11.6 Å². The van der Waals surface area contributed by atoms with E-state index in [0.29, 0.717) is 12.1 Å². The number of nitrogens with zero attached hydrogens (tertiary/aromatic N) is 2. The first-order valence-corrected chi connectivity index (χ1v) is 12.9. The van der Waals surface area contributed by atoms with Gasteiger partial charge in [-0.05, 0) is 68.0 Å². The van der Waals surface area contributed by atoms with Crippen molar-refractivity contribution in [3.63, 3.8) is 0 Å². The van der Waals surface area contributed by atoms with E-state index in [0.717, 1.165) is 24.0 Å². The van der Waals surface area contributed by atoms with Gasteiger partial charge in [0, 0.05) is 23.0 Å². The molecular formula is C28H31FN2O3S. The Labute approximate surface area is 210 Å². The van der Waals surface area contributed by atoms with Crippen LogP contribution < -0.4 is 4.74 Å². The van der Waals surface area contributed by atoms with E-state index in [1.807, 2.05) is 50.4 Å². The van der Waals surface area contributed by atoms with E-state index in [-0.39, 0.29) is 42.8 Å². The molecule has 0 saturated heterocycles. The topological polar surface area (TPSA) is 49.9 Å². The Morgan fingerprint density at radius 2 is 2.00 bits per heavy atom. The molecule has 0 unspecified atom stereocenters. The SMILES string of the molecule is CC[C@@H](C)N(CC(=O)N1CCc2sccc2[C@H]1COc1ccccc1F)C(=O)c1cccc(C)c1. The zero-order chi connectivity index (χ0) is 24.9. The molecular weight excluding hydrogens is 463 g/mol. The highest BCUT2D eigenvalue weighted by Gasteiger charge is 2.34. The number of hydrogen-bond acceptors (Lipinski definition) is 4. The van der Waals surface area contributed by atoms with Crippen molar-refractivity contribution >= 4 is 23.2 Å². The number of thiophene rings is 1. The number of carbonyl (C=O) groups is 2. The van der Waals surface area contributed by atoms with Gasteiger partial charge in [0.1, 0.15) is 13.2 Å². The first-order valence-electron chi connectivity index (χ1n) is 12.0. The van der Waals surface area contributed by atoms with Crippen LogP contribution in [0, 0.1) is 12.7 Å². The zero-order valence-electron chi connectivity index (χ0n) is 20.4. The monoisotopic (exact) mass is 494 g/mol. The van der Waals surface area contributed by atoms with Crippen molar-refractivity contribution in [1.29, 1.82) is 0 Å². The number of fused-ring (bicyclic) bond motifs is 1. The van der Waals surface area contributed by atoms with Crippen LogP contribution in [0.25, 0.3) is 0 Å². The van der Waals surface area contributed by atoms with E-state index >= 15 is 0 Å². The average molecular weight is 495 g/mol. The second-order valence-electron chi connectivity index (χ2n) is 8.95. The van der Waals surface area contributed by atoms with Crippen molar-refractivity contribution in [2.75, 3.05) is 19.7 Å². The number of aryl methyl sites for hydroxylation is 1. The van der Waals surface area contributed by atoms with E-state index in [1.165, 1.54) is 10.9 Å². The quantitative estimate of drug-likeness (QED) is 0.407. The molecule has 2 aromatic carbocycles. The Kier molecular flexibility index (Phi) is 7.86. The fraction of sp³-hybridized carbons (Fsp3) is 0.357. The molecule has 0 spiro atoms. The van der Waals surface area contributed by atoms with E-state index in [9.17, 15) is 14.0 Å². The third-order valence-electron chi connectivity index (χ3n) is 6.60. The van der Waals surface area contributed by atoms with Crippen molar-refractivity contribution in [3.05, 3.63) is 87.4 Å². The average Bonchev–Trinajstić information content (AvgIpc) is 3.35. The Balaban J connectivity index is 1.56. The third kappa shape index (κ3) is 5.56. The standard InChI is InChI=1S/C28H31FN2O3S/c1-4-20(3)31(28(33)21-9-7-8-19(2)16-21)17-27(32)30-14-12-26-22(13-15-35-26)24(30)18-34-25-11-6-5-10-23(25)29/h5-11,13,15-16,20,24H,4,12,14,17-18H2,1-3H3/t20-,24-/m1/s1. The molecule has 0 bridgehead atoms. The van der Waals surface area contributed by atoms with Crippen molar-refractivity contribution in [3.8, 4) is 5.75 Å². The van der Waals surface area contributed by atoms with E-state index < -0.39 is 5.82 Å². The lowest BCUT2D eigenvalue weighted by Crippen LogP contribution is -2.49. The van der Waals surface area contributed by atoms with Gasteiger partial charge in [-0.3, -0.25) is 9.59 Å². The summed E-state index contributed by atoms with van der Waals surface area (Å²) in [4.78, 5) is 31.7. The number of para-hydroxylation sites is 1. The largest absolute Gasteiger partial charge is 0.488 e. The van der Waals surface area contributed by atoms with E-state index in [1.54, 1.807) is 45.4 Å². The summed E-state index contributed by atoms with van der Waals surface area (Å²) in [5.41, 5.74) is 2.61. The maximum absolute atomic E-state index is 14.2. The van der Waals surface area contributed by atoms with Crippen LogP contribution in [-0.4, -0.2) is 47.4 Å². The molecule has 0 N–H and O–H groups in total. The lowest BCUT2D eigenvalue weighted by atomic mass is 10.00. The van der Waals surface area contributed by atoms with E-state index in [2.05, 4.69) is 0 Å². The second-order valence-corrected chi connectivity index (χ2v) is 9.95. The number of rotatable bonds is 8. The van der Waals surface area contributed by atoms with E-state index in [4.69, 9.17) is 4.74 Å². The fourth-order valence-corrected chi connectivity index (χ4v) is 5.36. The highest BCUT2D eigenvalue weighted by molar-refractivity contribution is 7.10. The van der Waals surface area contributed by atoms with Gasteiger partial charge in [-0.25, -0.2) is 4.39 Å². The Morgan fingerprint density at radius 1 is 1.20 bits per heavy atom. The number of hydrogen-bond donors (Lipinski definition) is 0. The van der Waals surface area contributed by atoms with Crippen LogP contribution >= 0.6 is 11.3 Å². The normalized spacial score (nSPS) is 15.9. The van der Waals surface area contributed by atoms with Crippen LogP contribution in [0.2, 0.25) is 0 Å². The minimum absolute atomic E-state index is 0.0164. The molecule has 2 amide bonds. The van der Waals surface area contributed by atoms with Gasteiger partial charge in [-0.15, -0.1) is 11.3 Å². The number of halogens is 1. The smallest absolute Gasteiger partial charge is 0.254 e. The van der Waals surface area contributed by atoms with Gasteiger partial charge in [-0.1, -0.05) is 36.8 Å². The highest BCUT2D eigenvalue weighted by Crippen LogP contribution is 2.34. The van der Waals surface area contributed by atoms with Crippen molar-refractivity contribution in [2.45, 2.75) is 45.7 Å². The summed E-state index contributed by atoms with van der Waals surface area (Å²) in [5, 5.41) is 2.02. The molecule has 184 valence electrons. The summed E-state index contributed by atoms with van der Waals surface area (Å²) in [6, 6.07) is 15.3. The molecule has 4 rings (SSSR count). The maximum atomic E-state index is 14.2. The minimum atomic E-state index is -0.432. The summed E-state index contributed by atoms with van der Waals surface area (Å²) in [6.07, 6.45) is 1.49. The van der Waals surface area contributed by atoms with Gasteiger partial charge in [0.05, 0.1) is 6.04 Å². The summed E-state index contributed by atoms with van der Waals surface area (Å²) in [6.45, 7) is 6.58. The van der Waals surface area contributed by atoms with Crippen LogP contribution in [0.3, 0.4) is 0 Å². The third-order valence-corrected chi connectivity index (χ3v) is 7.60. The minimum Gasteiger partial charge on any atom is -0.488 e. The van der Waals surface area contributed by atoms with Crippen molar-refractivity contribution in [2.24, 2.45) is 0 Å². The maximum Gasteiger partial charge on any atom is 0.254 e. The first-order chi connectivity index (χ1) is 16.9. The van der Waals surface area contributed by atoms with Crippen LogP contribution in [-0.2, 0) is 11.2 Å². The van der Waals surface area contributed by atoms with Gasteiger partial charge in [0.25, 0.3) is 5.91 Å². The fourth-order valence-electron chi connectivity index (χ4n) is 4.43. The summed E-state index contributed by atoms with van der Waals surface area (Å²) in [5.74, 6) is -0.550. The molecule has 0 aliphatic carbocycles. The number of carbonyl (C=O) groups excluding carboxylic acids is 2. The van der Waals surface area contributed by atoms with Crippen LogP contribution in [0.5, 0.6) is 5.75 Å². The second kappa shape index (κ2) is 11.0. The predicted molar refractivity (Wildman–Crippen MR) is 136 cm³/mol. The molecule has 35 heavy (non-hydrogen) atoms. The predicted octanol–water partition coefficient (Wildman–Crippen LogP) is 5.64. The Hall–Kier alpha value is -3.19. The van der Waals surface area contributed by atoms with Crippen LogP contribution in [0.15, 0.2) is 60.0 Å². The van der Waals surface area contributed by atoms with Crippen molar-refractivity contribution in [1.82, 2.24) is 9.80 Å². The Morgan fingerprint density at radius 3 is 2.74 bits per heavy atom. The summed E-state index contributed by atoms with van der Waals surface area (Å²) < 4.78 is 20.0. The number of benzene rings is 2. The molecule has 2 atom stereocenters. The molecule has 5 nitrogen and oxygen atoms in total. The molecule has 0 radical (unpaired) electrons. The zero-order valence-corrected chi connectivity index (χ0v) is 21.2. The highest BCUT2D eigenvalue weighted by atomic mass is 32.1. The molecule has 1 aliphatic heterocycles. The molecule has 2 heterocycles. The van der Waals surface area contributed by atoms with Gasteiger partial charge in [0.2, 0.25) is 5.91 Å². The number of amides is 2. The van der Waals surface area contributed by atoms with Crippen LogP contribution in [0.4, 0.5) is 4.39 Å². The molecule has 1 aliphatic rings. The molecule has 7 heteroatoms. The number of ether oxygens (including phenoxy) is 1. The Bertz CT molecular complexity index is 1190. The van der Waals surface area contributed by atoms with Crippen molar-refractivity contribution < 1.29 is 18.7 Å².